The van der Waals surface area contributed by atoms with Crippen LogP contribution in [0.2, 0.25) is 0 Å². The molecule has 1 amide bonds. The van der Waals surface area contributed by atoms with E-state index in [1.807, 2.05) is 0 Å². The Kier molecular flexibility index (Phi) is 9.02. The third-order valence-electron chi connectivity index (χ3n) is 3.38. The van der Waals surface area contributed by atoms with Crippen LogP contribution in [0.4, 0.5) is 5.69 Å². The number of methoxy groups -OCH3 is 3. The number of nitrogens with one attached hydrogen (secondary N) is 1. The van der Waals surface area contributed by atoms with E-state index in [9.17, 15) is 19.7 Å². The van der Waals surface area contributed by atoms with Crippen molar-refractivity contribution in [3.63, 3.8) is 0 Å². The van der Waals surface area contributed by atoms with Gasteiger partial charge in [-0.1, -0.05) is 0 Å². The summed E-state index contributed by atoms with van der Waals surface area (Å²) in [6, 6.07) is 2.96. The number of benzene rings is 1. The van der Waals surface area contributed by atoms with E-state index in [0.717, 1.165) is 0 Å². The molecule has 10 nitrogen and oxygen atoms in total. The Morgan fingerprint density at radius 3 is 2.54 bits per heavy atom. The van der Waals surface area contributed by atoms with E-state index in [-0.39, 0.29) is 25.3 Å². The molecular formula is C16H22N2O8. The van der Waals surface area contributed by atoms with Gasteiger partial charge in [-0.15, -0.1) is 0 Å². The molecule has 26 heavy (non-hydrogen) atoms. The molecule has 144 valence electrons. The van der Waals surface area contributed by atoms with Gasteiger partial charge in [-0.3, -0.25) is 14.9 Å². The van der Waals surface area contributed by atoms with Gasteiger partial charge >= 0.3 is 5.97 Å². The second kappa shape index (κ2) is 11.0. The summed E-state index contributed by atoms with van der Waals surface area (Å²) in [5.74, 6) is -0.861. The van der Waals surface area contributed by atoms with Gasteiger partial charge in [0.05, 0.1) is 32.4 Å². The van der Waals surface area contributed by atoms with Crippen LogP contribution in [-0.2, 0) is 30.2 Å². The van der Waals surface area contributed by atoms with Gasteiger partial charge in [0, 0.05) is 31.2 Å². The van der Waals surface area contributed by atoms with E-state index in [4.69, 9.17) is 18.9 Å². The molecule has 0 aliphatic rings. The van der Waals surface area contributed by atoms with E-state index in [1.54, 1.807) is 0 Å². The molecule has 0 bridgehead atoms. The van der Waals surface area contributed by atoms with Crippen LogP contribution in [-0.4, -0.2) is 64.0 Å². The van der Waals surface area contributed by atoms with Gasteiger partial charge in [-0.2, -0.15) is 0 Å². The molecule has 1 aromatic rings. The molecule has 0 fully saturated rings. The van der Waals surface area contributed by atoms with Gasteiger partial charge in [0.2, 0.25) is 5.91 Å². The van der Waals surface area contributed by atoms with Crippen LogP contribution in [0.1, 0.15) is 5.56 Å². The molecule has 0 aromatic heterocycles. The van der Waals surface area contributed by atoms with E-state index in [1.165, 1.54) is 39.5 Å². The number of nitro groups is 1. The largest absolute Gasteiger partial charge is 0.496 e. The van der Waals surface area contributed by atoms with Crippen LogP contribution in [0.15, 0.2) is 18.2 Å². The summed E-state index contributed by atoms with van der Waals surface area (Å²) in [6.07, 6.45) is -0.0403. The third-order valence-corrected chi connectivity index (χ3v) is 3.38. The molecule has 10 heteroatoms. The van der Waals surface area contributed by atoms with Gasteiger partial charge in [-0.25, -0.2) is 4.79 Å². The molecule has 1 aromatic carbocycles. The van der Waals surface area contributed by atoms with Crippen molar-refractivity contribution in [2.45, 2.75) is 12.5 Å². The Morgan fingerprint density at radius 2 is 1.96 bits per heavy atom. The summed E-state index contributed by atoms with van der Waals surface area (Å²) in [4.78, 5) is 34.3. The Balaban J connectivity index is 2.87. The zero-order chi connectivity index (χ0) is 19.5. The van der Waals surface area contributed by atoms with Crippen molar-refractivity contribution in [2.75, 3.05) is 41.2 Å². The topological polar surface area (TPSA) is 126 Å². The molecule has 0 radical (unpaired) electrons. The summed E-state index contributed by atoms with van der Waals surface area (Å²) >= 11 is 0. The number of amides is 1. The maximum absolute atomic E-state index is 12.0. The lowest BCUT2D eigenvalue weighted by Gasteiger charge is -2.18. The van der Waals surface area contributed by atoms with E-state index >= 15 is 0 Å². The minimum Gasteiger partial charge on any atom is -0.496 e. The summed E-state index contributed by atoms with van der Waals surface area (Å²) in [7, 11) is 4.09. The Bertz CT molecular complexity index is 635. The molecule has 0 spiro atoms. The van der Waals surface area contributed by atoms with Crippen molar-refractivity contribution in [2.24, 2.45) is 0 Å². The fourth-order valence-corrected chi connectivity index (χ4v) is 2.14. The molecule has 0 saturated carbocycles. The predicted octanol–water partition coefficient (Wildman–Crippen LogP) is 0.467. The number of rotatable bonds is 11. The van der Waals surface area contributed by atoms with Crippen LogP contribution >= 0.6 is 0 Å². The average molecular weight is 370 g/mol. The minimum absolute atomic E-state index is 0.0403. The number of ether oxygens (including phenoxy) is 4. The number of esters is 1. The first kappa shape index (κ1) is 21.3. The maximum atomic E-state index is 12.0. The SMILES string of the molecule is COCCOCC(=O)N[C@H](Cc1cc([N+](=O)[O-])ccc1OC)C(=O)OC. The highest BCUT2D eigenvalue weighted by atomic mass is 16.6. The highest BCUT2D eigenvalue weighted by molar-refractivity contribution is 5.85. The van der Waals surface area contributed by atoms with Gasteiger partial charge in [-0.05, 0) is 6.07 Å². The molecular weight excluding hydrogens is 348 g/mol. The number of nitrogens with zero attached hydrogens (tertiary/aromatic N) is 1. The summed E-state index contributed by atoms with van der Waals surface area (Å²) in [5.41, 5.74) is 0.233. The quantitative estimate of drug-likeness (QED) is 0.258. The molecule has 1 rings (SSSR count). The summed E-state index contributed by atoms with van der Waals surface area (Å²) in [6.45, 7) is 0.299. The lowest BCUT2D eigenvalue weighted by Crippen LogP contribution is -2.44. The fraction of sp³-hybridized carbons (Fsp3) is 0.500. The van der Waals surface area contributed by atoms with Crippen molar-refractivity contribution in [3.05, 3.63) is 33.9 Å². The molecule has 0 heterocycles. The molecule has 0 aliphatic carbocycles. The number of non-ortho nitro benzene ring substituents is 1. The van der Waals surface area contributed by atoms with Crippen LogP contribution < -0.4 is 10.1 Å². The number of hydrogen-bond acceptors (Lipinski definition) is 8. The number of carbonyl (C=O) groups is 2. The standard InChI is InChI=1S/C16H22N2O8/c1-23-6-7-26-10-15(19)17-13(16(20)25-3)9-11-8-12(18(21)22)4-5-14(11)24-2/h4-5,8,13H,6-7,9-10H2,1-3H3,(H,17,19)/t13-/m1/s1. The first-order chi connectivity index (χ1) is 12.4. The van der Waals surface area contributed by atoms with Crippen molar-refractivity contribution in [1.29, 1.82) is 0 Å². The molecule has 0 saturated heterocycles. The molecule has 1 atom stereocenters. The van der Waals surface area contributed by atoms with Gasteiger partial charge in [0.25, 0.3) is 5.69 Å². The fourth-order valence-electron chi connectivity index (χ4n) is 2.14. The number of carbonyl (C=O) groups excluding carboxylic acids is 2. The van der Waals surface area contributed by atoms with Gasteiger partial charge < -0.3 is 24.3 Å². The van der Waals surface area contributed by atoms with Crippen molar-refractivity contribution >= 4 is 17.6 Å². The number of hydrogen-bond donors (Lipinski definition) is 1. The first-order valence-electron chi connectivity index (χ1n) is 7.68. The van der Waals surface area contributed by atoms with E-state index < -0.39 is 22.8 Å². The second-order valence-electron chi connectivity index (χ2n) is 5.15. The zero-order valence-electron chi connectivity index (χ0n) is 14.9. The number of nitro benzene ring substituents is 1. The average Bonchev–Trinajstić information content (AvgIpc) is 2.63. The lowest BCUT2D eigenvalue weighted by atomic mass is 10.0. The van der Waals surface area contributed by atoms with Gasteiger partial charge in [0.1, 0.15) is 18.4 Å². The Labute approximate surface area is 150 Å². The Morgan fingerprint density at radius 1 is 1.23 bits per heavy atom. The lowest BCUT2D eigenvalue weighted by molar-refractivity contribution is -0.384. The van der Waals surface area contributed by atoms with Crippen LogP contribution in [0, 0.1) is 10.1 Å². The highest BCUT2D eigenvalue weighted by Gasteiger charge is 2.24. The minimum atomic E-state index is -1.05. The second-order valence-corrected chi connectivity index (χ2v) is 5.15. The summed E-state index contributed by atoms with van der Waals surface area (Å²) in [5, 5.41) is 13.4. The maximum Gasteiger partial charge on any atom is 0.328 e. The Hall–Kier alpha value is -2.72. The van der Waals surface area contributed by atoms with E-state index in [0.29, 0.717) is 17.9 Å². The van der Waals surface area contributed by atoms with Crippen LogP contribution in [0.3, 0.4) is 0 Å². The smallest absolute Gasteiger partial charge is 0.328 e. The summed E-state index contributed by atoms with van der Waals surface area (Å²) < 4.78 is 19.7. The normalized spacial score (nSPS) is 11.5. The molecule has 1 N–H and O–H groups in total. The molecule has 0 unspecified atom stereocenters. The van der Waals surface area contributed by atoms with Crippen molar-refractivity contribution in [1.82, 2.24) is 5.32 Å². The third kappa shape index (κ3) is 6.65. The van der Waals surface area contributed by atoms with Gasteiger partial charge in [0.15, 0.2) is 0 Å². The monoisotopic (exact) mass is 370 g/mol. The molecule has 0 aliphatic heterocycles. The predicted molar refractivity (Wildman–Crippen MR) is 90.0 cm³/mol. The van der Waals surface area contributed by atoms with Crippen molar-refractivity contribution in [3.8, 4) is 5.75 Å². The highest BCUT2D eigenvalue weighted by Crippen LogP contribution is 2.25. The van der Waals surface area contributed by atoms with E-state index in [2.05, 4.69) is 5.32 Å². The first-order valence-corrected chi connectivity index (χ1v) is 7.68. The van der Waals surface area contributed by atoms with Crippen LogP contribution in [0.25, 0.3) is 0 Å². The van der Waals surface area contributed by atoms with Crippen molar-refractivity contribution < 1.29 is 33.5 Å². The van der Waals surface area contributed by atoms with Crippen LogP contribution in [0.5, 0.6) is 5.75 Å². The zero-order valence-corrected chi connectivity index (χ0v) is 14.9.